The van der Waals surface area contributed by atoms with Crippen LogP contribution in [-0.4, -0.2) is 39.6 Å². The van der Waals surface area contributed by atoms with Crippen molar-refractivity contribution in [2.24, 2.45) is 5.92 Å². The van der Waals surface area contributed by atoms with Crippen molar-refractivity contribution in [3.05, 3.63) is 50.5 Å². The van der Waals surface area contributed by atoms with Gasteiger partial charge in [0.2, 0.25) is 0 Å². The maximum Gasteiger partial charge on any atom is 0.261 e. The molecule has 3 aromatic rings. The van der Waals surface area contributed by atoms with Gasteiger partial charge in [-0.2, -0.15) is 0 Å². The van der Waals surface area contributed by atoms with Crippen molar-refractivity contribution in [2.75, 3.05) is 20.2 Å². The second-order valence-electron chi connectivity index (χ2n) is 8.14. The second kappa shape index (κ2) is 7.88. The van der Waals surface area contributed by atoms with E-state index in [-0.39, 0.29) is 5.56 Å². The van der Waals surface area contributed by atoms with E-state index in [1.807, 2.05) is 29.5 Å². The van der Waals surface area contributed by atoms with Gasteiger partial charge in [0.05, 0.1) is 36.6 Å². The number of nitrogens with zero attached hydrogens (tertiary/aromatic N) is 4. The van der Waals surface area contributed by atoms with Crippen LogP contribution in [0.5, 0.6) is 5.75 Å². The zero-order chi connectivity index (χ0) is 19.8. The zero-order valence-corrected chi connectivity index (χ0v) is 17.6. The smallest absolute Gasteiger partial charge is 0.261 e. The number of aryl methyl sites for hydroxylation is 2. The SMILES string of the molecule is COc1ccc2c(=O)n(CC3CCN(Cc4nc5c(s4)CCC5)CC3)cnc2c1. The van der Waals surface area contributed by atoms with Gasteiger partial charge >= 0.3 is 0 Å². The summed E-state index contributed by atoms with van der Waals surface area (Å²) in [5.74, 6) is 1.24. The molecule has 1 fully saturated rings. The van der Waals surface area contributed by atoms with Gasteiger partial charge in [0.1, 0.15) is 10.8 Å². The van der Waals surface area contributed by atoms with Crippen molar-refractivity contribution in [3.63, 3.8) is 0 Å². The predicted octanol–water partition coefficient (Wildman–Crippen LogP) is 3.26. The molecule has 152 valence electrons. The number of benzene rings is 1. The summed E-state index contributed by atoms with van der Waals surface area (Å²) >= 11 is 1.91. The van der Waals surface area contributed by atoms with Crippen LogP contribution in [0.2, 0.25) is 0 Å². The molecular weight excluding hydrogens is 384 g/mol. The molecule has 0 saturated carbocycles. The molecule has 1 aliphatic heterocycles. The van der Waals surface area contributed by atoms with Crippen molar-refractivity contribution < 1.29 is 4.74 Å². The molecule has 0 N–H and O–H groups in total. The third-order valence-electron chi connectivity index (χ3n) is 6.19. The summed E-state index contributed by atoms with van der Waals surface area (Å²) in [4.78, 5) is 26.2. The van der Waals surface area contributed by atoms with Crippen molar-refractivity contribution in [2.45, 2.75) is 45.2 Å². The Hall–Kier alpha value is -2.25. The fourth-order valence-corrected chi connectivity index (χ4v) is 5.70. The number of methoxy groups -OCH3 is 1. The van der Waals surface area contributed by atoms with Crippen molar-refractivity contribution in [3.8, 4) is 5.75 Å². The highest BCUT2D eigenvalue weighted by molar-refractivity contribution is 7.11. The summed E-state index contributed by atoms with van der Waals surface area (Å²) in [5, 5.41) is 1.93. The van der Waals surface area contributed by atoms with Gasteiger partial charge in [-0.3, -0.25) is 14.3 Å². The first-order valence-electron chi connectivity index (χ1n) is 10.4. The van der Waals surface area contributed by atoms with Crippen molar-refractivity contribution >= 4 is 22.2 Å². The van der Waals surface area contributed by atoms with Crippen LogP contribution in [0.4, 0.5) is 0 Å². The number of aromatic nitrogens is 3. The van der Waals surface area contributed by atoms with Crippen LogP contribution < -0.4 is 10.3 Å². The minimum Gasteiger partial charge on any atom is -0.497 e. The highest BCUT2D eigenvalue weighted by Gasteiger charge is 2.23. The van der Waals surface area contributed by atoms with Gasteiger partial charge in [-0.05, 0) is 63.2 Å². The molecule has 0 amide bonds. The Balaban J connectivity index is 1.21. The van der Waals surface area contributed by atoms with E-state index in [4.69, 9.17) is 9.72 Å². The maximum absolute atomic E-state index is 12.8. The second-order valence-corrected chi connectivity index (χ2v) is 9.30. The van der Waals surface area contributed by atoms with E-state index in [1.165, 1.54) is 28.4 Å². The van der Waals surface area contributed by atoms with Crippen LogP contribution in [0.3, 0.4) is 0 Å². The fraction of sp³-hybridized carbons (Fsp3) is 0.500. The average Bonchev–Trinajstić information content (AvgIpc) is 3.33. The Morgan fingerprint density at radius 2 is 2.10 bits per heavy atom. The van der Waals surface area contributed by atoms with Crippen LogP contribution in [-0.2, 0) is 25.9 Å². The van der Waals surface area contributed by atoms with E-state index in [2.05, 4.69) is 9.88 Å². The Bertz CT molecular complexity index is 1060. The molecule has 0 radical (unpaired) electrons. The number of hydrogen-bond donors (Lipinski definition) is 0. The molecule has 6 nitrogen and oxygen atoms in total. The summed E-state index contributed by atoms with van der Waals surface area (Å²) in [7, 11) is 1.62. The van der Waals surface area contributed by atoms with E-state index in [0.717, 1.165) is 51.2 Å². The number of rotatable bonds is 5. The topological polar surface area (TPSA) is 60.2 Å². The molecule has 1 saturated heterocycles. The van der Waals surface area contributed by atoms with Gasteiger partial charge < -0.3 is 4.74 Å². The molecule has 1 aromatic carbocycles. The Morgan fingerprint density at radius 3 is 2.90 bits per heavy atom. The molecule has 2 aliphatic rings. The standard InChI is InChI=1S/C22H26N4O2S/c1-28-16-5-6-17-19(11-16)23-14-26(22(17)27)12-15-7-9-25(10-8-15)13-21-24-18-3-2-4-20(18)29-21/h5-6,11,14-15H,2-4,7-10,12-13H2,1H3. The molecule has 0 spiro atoms. The molecule has 1 aliphatic carbocycles. The molecule has 7 heteroatoms. The predicted molar refractivity (Wildman–Crippen MR) is 115 cm³/mol. The van der Waals surface area contributed by atoms with E-state index in [1.54, 1.807) is 18.0 Å². The van der Waals surface area contributed by atoms with Gasteiger partial charge in [0, 0.05) is 17.5 Å². The fourth-order valence-electron chi connectivity index (χ4n) is 4.50. The lowest BCUT2D eigenvalue weighted by molar-refractivity contribution is 0.166. The molecule has 0 bridgehead atoms. The largest absolute Gasteiger partial charge is 0.497 e. The summed E-state index contributed by atoms with van der Waals surface area (Å²) in [6.07, 6.45) is 7.56. The summed E-state index contributed by atoms with van der Waals surface area (Å²) < 4.78 is 7.01. The maximum atomic E-state index is 12.8. The molecule has 2 aromatic heterocycles. The van der Waals surface area contributed by atoms with Crippen LogP contribution in [0, 0.1) is 5.92 Å². The third-order valence-corrected chi connectivity index (χ3v) is 7.34. The highest BCUT2D eigenvalue weighted by atomic mass is 32.1. The van der Waals surface area contributed by atoms with Crippen molar-refractivity contribution in [1.29, 1.82) is 0 Å². The first kappa shape index (κ1) is 18.8. The highest BCUT2D eigenvalue weighted by Crippen LogP contribution is 2.29. The number of likely N-dealkylation sites (tertiary alicyclic amines) is 1. The first-order valence-corrected chi connectivity index (χ1v) is 11.2. The van der Waals surface area contributed by atoms with Crippen LogP contribution in [0.15, 0.2) is 29.3 Å². The Morgan fingerprint density at radius 1 is 1.24 bits per heavy atom. The van der Waals surface area contributed by atoms with Gasteiger partial charge in [-0.15, -0.1) is 11.3 Å². The van der Waals surface area contributed by atoms with Gasteiger partial charge in [-0.1, -0.05) is 0 Å². The lowest BCUT2D eigenvalue weighted by Crippen LogP contribution is -2.36. The van der Waals surface area contributed by atoms with Crippen LogP contribution >= 0.6 is 11.3 Å². The number of fused-ring (bicyclic) bond motifs is 2. The number of piperidine rings is 1. The lowest BCUT2D eigenvalue weighted by Gasteiger charge is -2.31. The van der Waals surface area contributed by atoms with E-state index in [0.29, 0.717) is 16.8 Å². The first-order chi connectivity index (χ1) is 14.2. The van der Waals surface area contributed by atoms with Crippen LogP contribution in [0.25, 0.3) is 10.9 Å². The summed E-state index contributed by atoms with van der Waals surface area (Å²) in [6.45, 7) is 3.86. The zero-order valence-electron chi connectivity index (χ0n) is 16.8. The minimum absolute atomic E-state index is 0.0392. The normalized spacial score (nSPS) is 17.7. The van der Waals surface area contributed by atoms with E-state index >= 15 is 0 Å². The third kappa shape index (κ3) is 3.81. The number of ether oxygens (including phenoxy) is 1. The Labute approximate surface area is 174 Å². The summed E-state index contributed by atoms with van der Waals surface area (Å²) in [5.41, 5.74) is 2.08. The van der Waals surface area contributed by atoms with Crippen molar-refractivity contribution in [1.82, 2.24) is 19.4 Å². The van der Waals surface area contributed by atoms with Gasteiger partial charge in [0.15, 0.2) is 0 Å². The van der Waals surface area contributed by atoms with E-state index < -0.39 is 0 Å². The lowest BCUT2D eigenvalue weighted by atomic mass is 9.96. The molecule has 3 heterocycles. The molecular formula is C22H26N4O2S. The molecule has 5 rings (SSSR count). The summed E-state index contributed by atoms with van der Waals surface area (Å²) in [6, 6.07) is 5.45. The molecule has 29 heavy (non-hydrogen) atoms. The van der Waals surface area contributed by atoms with Gasteiger partial charge in [0.25, 0.3) is 5.56 Å². The number of thiazole rings is 1. The quantitative estimate of drug-likeness (QED) is 0.646. The Kier molecular flexibility index (Phi) is 5.09. The molecule has 0 atom stereocenters. The number of hydrogen-bond acceptors (Lipinski definition) is 6. The molecule has 0 unspecified atom stereocenters. The minimum atomic E-state index is 0.0392. The van der Waals surface area contributed by atoms with E-state index in [9.17, 15) is 4.79 Å². The van der Waals surface area contributed by atoms with Crippen LogP contribution in [0.1, 0.15) is 34.8 Å². The monoisotopic (exact) mass is 410 g/mol. The van der Waals surface area contributed by atoms with Gasteiger partial charge in [-0.25, -0.2) is 9.97 Å². The average molecular weight is 411 g/mol.